The van der Waals surface area contributed by atoms with Gasteiger partial charge in [-0.3, -0.25) is 0 Å². The zero-order chi connectivity index (χ0) is 12.5. The number of unbranched alkanes of at least 4 members (excludes halogenated alkanes) is 1. The fraction of sp³-hybridized carbons (Fsp3) is 0.571. The Morgan fingerprint density at radius 1 is 1.41 bits per heavy atom. The lowest BCUT2D eigenvalue weighted by atomic mass is 10.3. The first-order valence-electron chi connectivity index (χ1n) is 6.22. The van der Waals surface area contributed by atoms with E-state index in [2.05, 4.69) is 25.7 Å². The molecule has 96 valence electrons. The molecular formula is C14H23NO2. The highest BCUT2D eigenvalue weighted by molar-refractivity contribution is 5.06. The van der Waals surface area contributed by atoms with Crippen molar-refractivity contribution in [3.05, 3.63) is 36.3 Å². The van der Waals surface area contributed by atoms with Crippen LogP contribution in [-0.2, 0) is 17.9 Å². The van der Waals surface area contributed by atoms with Gasteiger partial charge in [-0.25, -0.2) is 0 Å². The van der Waals surface area contributed by atoms with Gasteiger partial charge < -0.3 is 14.5 Å². The molecule has 0 fully saturated rings. The zero-order valence-electron chi connectivity index (χ0n) is 10.9. The number of allylic oxidation sites excluding steroid dienone is 1. The van der Waals surface area contributed by atoms with Gasteiger partial charge in [-0.05, 0) is 25.0 Å². The van der Waals surface area contributed by atoms with E-state index in [0.29, 0.717) is 12.6 Å². The van der Waals surface area contributed by atoms with Crippen LogP contribution < -0.4 is 5.32 Å². The Labute approximate surface area is 104 Å². The van der Waals surface area contributed by atoms with E-state index in [0.717, 1.165) is 37.5 Å². The lowest BCUT2D eigenvalue weighted by Gasteiger charge is -2.05. The maximum Gasteiger partial charge on any atom is 0.129 e. The second-order valence-electron chi connectivity index (χ2n) is 4.39. The quantitative estimate of drug-likeness (QED) is 0.529. The van der Waals surface area contributed by atoms with Crippen LogP contribution in [0.1, 0.15) is 38.2 Å². The molecule has 1 aromatic rings. The first kappa shape index (κ1) is 14.0. The summed E-state index contributed by atoms with van der Waals surface area (Å²) in [7, 11) is 0. The van der Waals surface area contributed by atoms with Crippen molar-refractivity contribution in [3.8, 4) is 0 Å². The number of hydrogen-bond donors (Lipinski definition) is 1. The first-order valence-corrected chi connectivity index (χ1v) is 6.22. The van der Waals surface area contributed by atoms with E-state index in [1.54, 1.807) is 0 Å². The van der Waals surface area contributed by atoms with Gasteiger partial charge >= 0.3 is 0 Å². The second-order valence-corrected chi connectivity index (χ2v) is 4.39. The Hall–Kier alpha value is -1.06. The summed E-state index contributed by atoms with van der Waals surface area (Å²) in [5.74, 6) is 1.85. The lowest BCUT2D eigenvalue weighted by Crippen LogP contribution is -2.21. The third-order valence-corrected chi connectivity index (χ3v) is 2.34. The van der Waals surface area contributed by atoms with Gasteiger partial charge in [0.25, 0.3) is 0 Å². The molecule has 3 heteroatoms. The van der Waals surface area contributed by atoms with Crippen molar-refractivity contribution in [2.45, 2.75) is 45.9 Å². The smallest absolute Gasteiger partial charge is 0.129 e. The summed E-state index contributed by atoms with van der Waals surface area (Å²) in [5, 5.41) is 3.31. The number of hydrogen-bond acceptors (Lipinski definition) is 3. The highest BCUT2D eigenvalue weighted by Gasteiger charge is 2.02. The van der Waals surface area contributed by atoms with Gasteiger partial charge in [-0.1, -0.05) is 19.9 Å². The Balaban J connectivity index is 2.18. The monoisotopic (exact) mass is 237 g/mol. The minimum absolute atomic E-state index is 0.471. The normalized spacial score (nSPS) is 11.0. The molecule has 0 atom stereocenters. The number of rotatable bonds is 9. The van der Waals surface area contributed by atoms with Crippen LogP contribution in [0.5, 0.6) is 0 Å². The molecule has 0 amide bonds. The third-order valence-electron chi connectivity index (χ3n) is 2.34. The van der Waals surface area contributed by atoms with Gasteiger partial charge in [0.05, 0.1) is 6.54 Å². The Morgan fingerprint density at radius 3 is 2.88 bits per heavy atom. The van der Waals surface area contributed by atoms with E-state index >= 15 is 0 Å². The van der Waals surface area contributed by atoms with Gasteiger partial charge in [0.15, 0.2) is 0 Å². The maximum atomic E-state index is 5.63. The fourth-order valence-corrected chi connectivity index (χ4v) is 1.40. The average molecular weight is 237 g/mol. The van der Waals surface area contributed by atoms with E-state index in [4.69, 9.17) is 9.15 Å². The summed E-state index contributed by atoms with van der Waals surface area (Å²) in [6.45, 7) is 9.99. The molecule has 0 aliphatic carbocycles. The van der Waals surface area contributed by atoms with Gasteiger partial charge in [0, 0.05) is 12.6 Å². The number of ether oxygens (including phenoxy) is 1. The average Bonchev–Trinajstić information content (AvgIpc) is 2.74. The fourth-order valence-electron chi connectivity index (χ4n) is 1.40. The zero-order valence-corrected chi connectivity index (χ0v) is 10.9. The third kappa shape index (κ3) is 6.29. The number of nitrogens with one attached hydrogen (secondary N) is 1. The van der Waals surface area contributed by atoms with Crippen LogP contribution in [0.4, 0.5) is 0 Å². The molecule has 1 aromatic heterocycles. The molecule has 17 heavy (non-hydrogen) atoms. The van der Waals surface area contributed by atoms with Crippen molar-refractivity contribution in [1.29, 1.82) is 0 Å². The maximum absolute atomic E-state index is 5.63. The molecule has 3 nitrogen and oxygen atoms in total. The van der Waals surface area contributed by atoms with E-state index in [-0.39, 0.29) is 0 Å². The highest BCUT2D eigenvalue weighted by Crippen LogP contribution is 2.09. The molecule has 0 aliphatic rings. The summed E-state index contributed by atoms with van der Waals surface area (Å²) in [6, 6.07) is 4.45. The van der Waals surface area contributed by atoms with Crippen LogP contribution in [-0.4, -0.2) is 12.6 Å². The highest BCUT2D eigenvalue weighted by atomic mass is 16.5. The first-order chi connectivity index (χ1) is 8.22. The molecule has 0 saturated heterocycles. The predicted octanol–water partition coefficient (Wildman–Crippen LogP) is 3.26. The molecule has 1 rings (SSSR count). The number of furan rings is 1. The topological polar surface area (TPSA) is 34.4 Å². The summed E-state index contributed by atoms with van der Waals surface area (Å²) >= 11 is 0. The largest absolute Gasteiger partial charge is 0.462 e. The van der Waals surface area contributed by atoms with Crippen LogP contribution in [0, 0.1) is 0 Å². The Morgan fingerprint density at radius 2 is 2.18 bits per heavy atom. The summed E-state index contributed by atoms with van der Waals surface area (Å²) < 4.78 is 11.1. The molecule has 0 spiro atoms. The summed E-state index contributed by atoms with van der Waals surface area (Å²) in [4.78, 5) is 0. The Kier molecular flexibility index (Phi) is 6.67. The molecule has 0 aromatic carbocycles. The molecule has 0 radical (unpaired) electrons. The summed E-state index contributed by atoms with van der Waals surface area (Å²) in [6.07, 6.45) is 3.93. The minimum atomic E-state index is 0.471. The van der Waals surface area contributed by atoms with Crippen LogP contribution >= 0.6 is 0 Å². The summed E-state index contributed by atoms with van der Waals surface area (Å²) in [5.41, 5.74) is 0. The van der Waals surface area contributed by atoms with Crippen LogP contribution in [0.2, 0.25) is 0 Å². The van der Waals surface area contributed by atoms with Crippen molar-refractivity contribution in [3.63, 3.8) is 0 Å². The van der Waals surface area contributed by atoms with Gasteiger partial charge in [-0.15, -0.1) is 6.58 Å². The van der Waals surface area contributed by atoms with Crippen molar-refractivity contribution in [1.82, 2.24) is 5.32 Å². The molecule has 0 unspecified atom stereocenters. The van der Waals surface area contributed by atoms with Crippen LogP contribution in [0.15, 0.2) is 29.2 Å². The molecule has 1 heterocycles. The SMILES string of the molecule is C=CCCCOCc1ccc(CNC(C)C)o1. The van der Waals surface area contributed by atoms with E-state index in [1.807, 2.05) is 18.2 Å². The lowest BCUT2D eigenvalue weighted by molar-refractivity contribution is 0.103. The van der Waals surface area contributed by atoms with Crippen molar-refractivity contribution < 1.29 is 9.15 Å². The van der Waals surface area contributed by atoms with Gasteiger partial charge in [-0.2, -0.15) is 0 Å². The Bertz CT molecular complexity index is 318. The standard InChI is InChI=1S/C14H23NO2/c1-4-5-6-9-16-11-14-8-7-13(17-14)10-15-12(2)3/h4,7-8,12,15H,1,5-6,9-11H2,2-3H3. The van der Waals surface area contributed by atoms with Crippen LogP contribution in [0.25, 0.3) is 0 Å². The minimum Gasteiger partial charge on any atom is -0.462 e. The molecule has 0 bridgehead atoms. The van der Waals surface area contributed by atoms with E-state index in [9.17, 15) is 0 Å². The second kappa shape index (κ2) is 8.09. The van der Waals surface area contributed by atoms with Gasteiger partial charge in [0.1, 0.15) is 18.1 Å². The van der Waals surface area contributed by atoms with Gasteiger partial charge in [0.2, 0.25) is 0 Å². The molecule has 1 N–H and O–H groups in total. The van der Waals surface area contributed by atoms with Crippen LogP contribution in [0.3, 0.4) is 0 Å². The predicted molar refractivity (Wildman–Crippen MR) is 69.8 cm³/mol. The molecule has 0 saturated carbocycles. The van der Waals surface area contributed by atoms with Crippen molar-refractivity contribution in [2.75, 3.05) is 6.61 Å². The van der Waals surface area contributed by atoms with E-state index < -0.39 is 0 Å². The van der Waals surface area contributed by atoms with Crippen molar-refractivity contribution >= 4 is 0 Å². The van der Waals surface area contributed by atoms with E-state index in [1.165, 1.54) is 0 Å². The van der Waals surface area contributed by atoms with Crippen molar-refractivity contribution in [2.24, 2.45) is 0 Å². The molecule has 0 aliphatic heterocycles. The molecular weight excluding hydrogens is 214 g/mol.